The molecule has 1 heterocycles. The number of halogens is 1. The molecule has 0 saturated carbocycles. The predicted octanol–water partition coefficient (Wildman–Crippen LogP) is 3.37. The van der Waals surface area contributed by atoms with Crippen LogP contribution in [0.15, 0.2) is 41.4 Å². The van der Waals surface area contributed by atoms with Gasteiger partial charge in [0.25, 0.3) is 0 Å². The molecule has 1 aliphatic rings. The minimum atomic E-state index is -1.47. The van der Waals surface area contributed by atoms with Crippen LogP contribution in [0.2, 0.25) is 0 Å². The fourth-order valence-electron chi connectivity index (χ4n) is 3.92. The molecule has 2 aromatic rings. The number of nitrogens with zero attached hydrogens (tertiary/aromatic N) is 1. The molecule has 0 amide bonds. The molecule has 2 unspecified atom stereocenters. The molecule has 4 N–H and O–H groups in total. The van der Waals surface area contributed by atoms with E-state index in [4.69, 9.17) is 19.2 Å². The molecular formula is C27H36ClNO7Pd. The van der Waals surface area contributed by atoms with Crippen LogP contribution in [0.1, 0.15) is 56.2 Å². The molecule has 0 spiro atoms. The first-order chi connectivity index (χ1) is 17.7. The van der Waals surface area contributed by atoms with E-state index in [0.29, 0.717) is 17.6 Å². The van der Waals surface area contributed by atoms with E-state index in [1.54, 1.807) is 12.3 Å². The average molecular weight is 628 g/mol. The van der Waals surface area contributed by atoms with Crippen LogP contribution in [0.5, 0.6) is 5.75 Å². The molecule has 0 aromatic heterocycles. The quantitative estimate of drug-likeness (QED) is 0.138. The molecule has 1 saturated heterocycles. The molecule has 8 nitrogen and oxygen atoms in total. The van der Waals surface area contributed by atoms with E-state index in [2.05, 4.69) is 79.7 Å². The number of hydrogen-bond acceptors (Lipinski definition) is 8. The number of hydrogen-bond donors (Lipinski definition) is 4. The van der Waals surface area contributed by atoms with Crippen LogP contribution in [-0.4, -0.2) is 77.2 Å². The molecule has 10 heteroatoms. The molecule has 0 radical (unpaired) electrons. The molecule has 0 bridgehead atoms. The van der Waals surface area contributed by atoms with Crippen LogP contribution in [0.25, 0.3) is 0 Å². The molecule has 1 aliphatic heterocycles. The van der Waals surface area contributed by atoms with Crippen molar-refractivity contribution in [3.8, 4) is 5.75 Å². The number of ether oxygens (including phenoxy) is 3. The van der Waals surface area contributed by atoms with Gasteiger partial charge in [0, 0.05) is 5.75 Å². The van der Waals surface area contributed by atoms with Gasteiger partial charge in [0.05, 0.1) is 25.5 Å². The average Bonchev–Trinajstić information content (AvgIpc) is 2.91. The molecule has 3 rings (SSSR count). The second kappa shape index (κ2) is 15.9. The summed E-state index contributed by atoms with van der Waals surface area (Å²) in [5.74, 6) is 1.32. The van der Waals surface area contributed by atoms with Crippen molar-refractivity contribution < 1.29 is 52.8 Å². The summed E-state index contributed by atoms with van der Waals surface area (Å²) >= 11 is 2.22. The Morgan fingerprint density at radius 1 is 1.00 bits per heavy atom. The summed E-state index contributed by atoms with van der Waals surface area (Å²) in [6.07, 6.45) is -4.70. The Bertz CT molecular complexity index is 945. The number of aliphatic hydroxyl groups is 4. The molecular weight excluding hydrogens is 592 g/mol. The van der Waals surface area contributed by atoms with Gasteiger partial charge in [-0.1, -0.05) is 45.9 Å². The second-order valence-corrected chi connectivity index (χ2v) is 9.25. The summed E-state index contributed by atoms with van der Waals surface area (Å²) in [5.41, 5.74) is 4.26. The first kappa shape index (κ1) is 31.8. The number of rotatable bonds is 10. The predicted molar refractivity (Wildman–Crippen MR) is 138 cm³/mol. The second-order valence-electron chi connectivity index (χ2n) is 9.25. The third kappa shape index (κ3) is 8.82. The SMILES string of the molecule is CC(C)c1cccc(C(C)C)c1N=Cc1[c-]cc(OCCO[C@@H]2OC(CO)[C@@H](O)[C@H](O)C2O)cc1.[Cl][Pd+]. The topological polar surface area (TPSA) is 121 Å². The van der Waals surface area contributed by atoms with Gasteiger partial charge in [-0.25, -0.2) is 0 Å². The zero-order valence-corrected chi connectivity index (χ0v) is 23.7. The Hall–Kier alpha value is -1.38. The van der Waals surface area contributed by atoms with E-state index in [1.807, 2.05) is 12.1 Å². The summed E-state index contributed by atoms with van der Waals surface area (Å²) < 4.78 is 16.4. The minimum absolute atomic E-state index is 0.0653. The van der Waals surface area contributed by atoms with Gasteiger partial charge in [-0.05, 0) is 29.2 Å². The van der Waals surface area contributed by atoms with E-state index in [0.717, 1.165) is 11.3 Å². The Morgan fingerprint density at radius 3 is 2.19 bits per heavy atom. The monoisotopic (exact) mass is 627 g/mol. The number of benzene rings is 2. The van der Waals surface area contributed by atoms with Crippen molar-refractivity contribution in [2.75, 3.05) is 19.8 Å². The van der Waals surface area contributed by atoms with Crippen LogP contribution in [0, 0.1) is 6.07 Å². The summed E-state index contributed by atoms with van der Waals surface area (Å²) in [6, 6.07) is 14.9. The molecule has 208 valence electrons. The summed E-state index contributed by atoms with van der Waals surface area (Å²) in [6.45, 7) is 8.38. The first-order valence-electron chi connectivity index (χ1n) is 12.1. The maximum atomic E-state index is 10.00. The number of para-hydroxylation sites is 1. The fourth-order valence-corrected chi connectivity index (χ4v) is 3.92. The maximum absolute atomic E-state index is 10.00. The summed E-state index contributed by atoms with van der Waals surface area (Å²) in [4.78, 5) is 4.80. The molecule has 37 heavy (non-hydrogen) atoms. The van der Waals surface area contributed by atoms with Gasteiger partial charge in [-0.15, -0.1) is 29.8 Å². The van der Waals surface area contributed by atoms with Gasteiger partial charge in [0.15, 0.2) is 6.29 Å². The van der Waals surface area contributed by atoms with Crippen LogP contribution < -0.4 is 4.74 Å². The van der Waals surface area contributed by atoms with Crippen molar-refractivity contribution in [2.45, 2.75) is 70.2 Å². The van der Waals surface area contributed by atoms with E-state index in [9.17, 15) is 20.4 Å². The summed E-state index contributed by atoms with van der Waals surface area (Å²) in [5, 5.41) is 38.9. The van der Waals surface area contributed by atoms with E-state index in [-0.39, 0.29) is 13.2 Å². The van der Waals surface area contributed by atoms with Gasteiger partial charge in [-0.3, -0.25) is 0 Å². The van der Waals surface area contributed by atoms with Crippen molar-refractivity contribution in [2.24, 2.45) is 4.99 Å². The van der Waals surface area contributed by atoms with E-state index >= 15 is 0 Å². The number of aliphatic imine (C=N–C) groups is 1. The zero-order chi connectivity index (χ0) is 27.5. The van der Waals surface area contributed by atoms with Crippen molar-refractivity contribution >= 4 is 21.4 Å². The van der Waals surface area contributed by atoms with Gasteiger partial charge in [0.2, 0.25) is 0 Å². The molecule has 1 fully saturated rings. The third-order valence-corrected chi connectivity index (χ3v) is 5.97. The standard InChI is InChI=1S/C27H36NO7.ClH.Pd/c1-16(2)20-6-5-7-21(17(3)4)23(20)28-14-18-8-10-19(11-9-18)33-12-13-34-27-26(32)25(31)24(30)22(15-29)35-27;;/h5-8,10-11,14,16-17,22,24-27,29-32H,12-13,15H2,1-4H3;1H;/q-1;;+2/p-1/t22?,24-,25+,26?,27-;;/m1../s1. The fraction of sp³-hybridized carbons (Fsp3) is 0.519. The Labute approximate surface area is 233 Å². The normalized spacial score (nSPS) is 23.9. The van der Waals surface area contributed by atoms with Crippen LogP contribution in [0.4, 0.5) is 5.69 Å². The van der Waals surface area contributed by atoms with Crippen LogP contribution in [0.3, 0.4) is 0 Å². The number of aliphatic hydroxyl groups excluding tert-OH is 4. The van der Waals surface area contributed by atoms with Gasteiger partial charge in [0.1, 0.15) is 24.4 Å². The zero-order valence-electron chi connectivity index (χ0n) is 21.4. The van der Waals surface area contributed by atoms with E-state index in [1.165, 1.54) is 11.1 Å². The Kier molecular flexibility index (Phi) is 13.7. The van der Waals surface area contributed by atoms with Gasteiger partial charge >= 0.3 is 27.7 Å². The molecule has 0 aliphatic carbocycles. The van der Waals surface area contributed by atoms with Crippen molar-refractivity contribution in [1.82, 2.24) is 0 Å². The summed E-state index contributed by atoms with van der Waals surface area (Å²) in [7, 11) is 4.49. The molecule has 5 atom stereocenters. The van der Waals surface area contributed by atoms with Crippen molar-refractivity contribution in [1.29, 1.82) is 0 Å². The van der Waals surface area contributed by atoms with Crippen molar-refractivity contribution in [3.63, 3.8) is 0 Å². The van der Waals surface area contributed by atoms with Gasteiger partial charge < -0.3 is 39.6 Å². The third-order valence-electron chi connectivity index (χ3n) is 5.97. The van der Waals surface area contributed by atoms with Crippen LogP contribution >= 0.6 is 9.53 Å². The first-order valence-corrected chi connectivity index (χ1v) is 14.1. The van der Waals surface area contributed by atoms with Crippen molar-refractivity contribution in [3.05, 3.63) is 59.2 Å². The Balaban J connectivity index is 0.00000235. The van der Waals surface area contributed by atoms with Crippen LogP contribution in [-0.2, 0) is 27.7 Å². The van der Waals surface area contributed by atoms with E-state index < -0.39 is 37.3 Å². The van der Waals surface area contributed by atoms with Gasteiger partial charge in [-0.2, -0.15) is 0 Å². The Morgan fingerprint density at radius 2 is 1.65 bits per heavy atom. The molecule has 2 aromatic carbocycles.